The number of hydrogen-bond donors (Lipinski definition) is 1. The number of urea groups is 1. The second kappa shape index (κ2) is 9.12. The molecule has 1 fully saturated rings. The van der Waals surface area contributed by atoms with Gasteiger partial charge in [0.25, 0.3) is 11.8 Å². The van der Waals surface area contributed by atoms with E-state index in [4.69, 9.17) is 9.47 Å². The monoisotopic (exact) mass is 424 g/mol. The highest BCUT2D eigenvalue weighted by Crippen LogP contribution is 2.30. The SMILES string of the molecule is CCOc1cc(/C=C2\C(=O)NC(=O)N(c3ccc(C(=O)OC)cc3)C2=O)ccc1OC. The number of anilines is 1. The first-order valence-corrected chi connectivity index (χ1v) is 9.30. The number of barbiturate groups is 1. The number of benzene rings is 2. The summed E-state index contributed by atoms with van der Waals surface area (Å²) in [6.45, 7) is 2.22. The second-order valence-electron chi connectivity index (χ2n) is 6.34. The zero-order chi connectivity index (χ0) is 22.5. The van der Waals surface area contributed by atoms with Gasteiger partial charge in [-0.1, -0.05) is 6.07 Å². The quantitative estimate of drug-likeness (QED) is 0.431. The smallest absolute Gasteiger partial charge is 0.337 e. The Kier molecular flexibility index (Phi) is 6.35. The summed E-state index contributed by atoms with van der Waals surface area (Å²) in [4.78, 5) is 50.1. The van der Waals surface area contributed by atoms with Gasteiger partial charge in [0.1, 0.15) is 5.57 Å². The number of carbonyl (C=O) groups excluding carboxylic acids is 4. The van der Waals surface area contributed by atoms with Gasteiger partial charge in [-0.15, -0.1) is 0 Å². The van der Waals surface area contributed by atoms with Crippen LogP contribution in [0.2, 0.25) is 0 Å². The van der Waals surface area contributed by atoms with Crippen molar-refractivity contribution in [2.24, 2.45) is 0 Å². The lowest BCUT2D eigenvalue weighted by Crippen LogP contribution is -2.54. The number of hydrogen-bond acceptors (Lipinski definition) is 7. The molecule has 0 spiro atoms. The van der Waals surface area contributed by atoms with Crippen molar-refractivity contribution < 1.29 is 33.4 Å². The lowest BCUT2D eigenvalue weighted by molar-refractivity contribution is -0.122. The molecule has 1 heterocycles. The van der Waals surface area contributed by atoms with Crippen LogP contribution in [0.5, 0.6) is 11.5 Å². The summed E-state index contributed by atoms with van der Waals surface area (Å²) in [5, 5.41) is 2.15. The number of imide groups is 2. The highest BCUT2D eigenvalue weighted by molar-refractivity contribution is 6.39. The third-order valence-corrected chi connectivity index (χ3v) is 4.45. The fourth-order valence-electron chi connectivity index (χ4n) is 2.97. The van der Waals surface area contributed by atoms with Gasteiger partial charge in [-0.25, -0.2) is 14.5 Å². The minimum atomic E-state index is -0.886. The fourth-order valence-corrected chi connectivity index (χ4v) is 2.97. The van der Waals surface area contributed by atoms with Crippen LogP contribution >= 0.6 is 0 Å². The number of methoxy groups -OCH3 is 2. The zero-order valence-corrected chi connectivity index (χ0v) is 17.1. The van der Waals surface area contributed by atoms with Crippen molar-refractivity contribution in [1.82, 2.24) is 5.32 Å². The van der Waals surface area contributed by atoms with Crippen molar-refractivity contribution in [3.05, 3.63) is 59.2 Å². The maximum atomic E-state index is 13.0. The molecule has 1 aliphatic rings. The molecule has 9 nitrogen and oxygen atoms in total. The van der Waals surface area contributed by atoms with E-state index in [9.17, 15) is 19.2 Å². The predicted octanol–water partition coefficient (Wildman–Crippen LogP) is 2.55. The summed E-state index contributed by atoms with van der Waals surface area (Å²) in [7, 11) is 2.75. The fraction of sp³-hybridized carbons (Fsp3) is 0.182. The lowest BCUT2D eigenvalue weighted by Gasteiger charge is -2.26. The summed E-state index contributed by atoms with van der Waals surface area (Å²) in [6, 6.07) is 9.70. The molecule has 0 atom stereocenters. The molecule has 0 bridgehead atoms. The average Bonchev–Trinajstić information content (AvgIpc) is 2.77. The zero-order valence-electron chi connectivity index (χ0n) is 17.1. The second-order valence-corrected chi connectivity index (χ2v) is 6.34. The van der Waals surface area contributed by atoms with Crippen LogP contribution < -0.4 is 19.7 Å². The van der Waals surface area contributed by atoms with Crippen LogP contribution in [0.4, 0.5) is 10.5 Å². The van der Waals surface area contributed by atoms with E-state index in [-0.39, 0.29) is 16.8 Å². The molecule has 31 heavy (non-hydrogen) atoms. The van der Waals surface area contributed by atoms with Crippen molar-refractivity contribution in [3.63, 3.8) is 0 Å². The van der Waals surface area contributed by atoms with Gasteiger partial charge in [-0.05, 0) is 55.0 Å². The number of nitrogens with zero attached hydrogens (tertiary/aromatic N) is 1. The molecule has 0 aromatic heterocycles. The minimum absolute atomic E-state index is 0.193. The standard InChI is InChI=1S/C22H20N2O7/c1-4-31-18-12-13(5-10-17(18)29-2)11-16-19(25)23-22(28)24(20(16)26)15-8-6-14(7-9-15)21(27)30-3/h5-12H,4H2,1-3H3,(H,23,25,28)/b16-11+. The van der Waals surface area contributed by atoms with Crippen molar-refractivity contribution >= 4 is 35.6 Å². The van der Waals surface area contributed by atoms with Crippen LogP contribution in [-0.4, -0.2) is 44.6 Å². The van der Waals surface area contributed by atoms with Crippen LogP contribution in [0.15, 0.2) is 48.0 Å². The molecule has 3 rings (SSSR count). The number of esters is 1. The average molecular weight is 424 g/mol. The molecular weight excluding hydrogens is 404 g/mol. The summed E-state index contributed by atoms with van der Waals surface area (Å²) in [5.41, 5.74) is 0.727. The third-order valence-electron chi connectivity index (χ3n) is 4.45. The lowest BCUT2D eigenvalue weighted by atomic mass is 10.1. The van der Waals surface area contributed by atoms with Gasteiger partial charge in [0.15, 0.2) is 11.5 Å². The highest BCUT2D eigenvalue weighted by atomic mass is 16.5. The molecule has 0 radical (unpaired) electrons. The molecule has 1 saturated heterocycles. The van der Waals surface area contributed by atoms with E-state index < -0.39 is 23.8 Å². The van der Waals surface area contributed by atoms with E-state index in [1.54, 1.807) is 18.2 Å². The van der Waals surface area contributed by atoms with Crippen LogP contribution in [0.25, 0.3) is 6.08 Å². The Labute approximate surface area is 178 Å². The van der Waals surface area contributed by atoms with Gasteiger partial charge in [0.05, 0.1) is 32.1 Å². The largest absolute Gasteiger partial charge is 0.493 e. The van der Waals surface area contributed by atoms with E-state index in [0.29, 0.717) is 23.7 Å². The molecule has 1 N–H and O–H groups in total. The van der Waals surface area contributed by atoms with Gasteiger partial charge in [0, 0.05) is 0 Å². The van der Waals surface area contributed by atoms with E-state index in [1.165, 1.54) is 44.6 Å². The van der Waals surface area contributed by atoms with Crippen molar-refractivity contribution in [3.8, 4) is 11.5 Å². The van der Waals surface area contributed by atoms with Gasteiger partial charge in [0.2, 0.25) is 0 Å². The topological polar surface area (TPSA) is 111 Å². The number of carbonyl (C=O) groups is 4. The predicted molar refractivity (Wildman–Crippen MR) is 111 cm³/mol. The molecule has 4 amide bonds. The molecule has 1 aliphatic heterocycles. The Morgan fingerprint density at radius 2 is 1.74 bits per heavy atom. The van der Waals surface area contributed by atoms with E-state index in [0.717, 1.165) is 4.90 Å². The maximum Gasteiger partial charge on any atom is 0.337 e. The number of ether oxygens (including phenoxy) is 3. The molecular formula is C22H20N2O7. The van der Waals surface area contributed by atoms with Gasteiger partial charge in [-0.2, -0.15) is 0 Å². The Balaban J connectivity index is 1.96. The summed E-state index contributed by atoms with van der Waals surface area (Å²) in [5.74, 6) is -1.21. The molecule has 0 aliphatic carbocycles. The van der Waals surface area contributed by atoms with Crippen LogP contribution in [-0.2, 0) is 14.3 Å². The third kappa shape index (κ3) is 4.40. The Morgan fingerprint density at radius 3 is 2.35 bits per heavy atom. The first kappa shape index (κ1) is 21.6. The van der Waals surface area contributed by atoms with Crippen LogP contribution in [0.1, 0.15) is 22.8 Å². The minimum Gasteiger partial charge on any atom is -0.493 e. The number of amides is 4. The van der Waals surface area contributed by atoms with E-state index in [1.807, 2.05) is 6.92 Å². The van der Waals surface area contributed by atoms with Crippen LogP contribution in [0, 0.1) is 0 Å². The van der Waals surface area contributed by atoms with Crippen molar-refractivity contribution in [2.45, 2.75) is 6.92 Å². The molecule has 2 aromatic carbocycles. The van der Waals surface area contributed by atoms with Crippen molar-refractivity contribution in [2.75, 3.05) is 25.7 Å². The normalized spacial score (nSPS) is 15.0. The first-order chi connectivity index (χ1) is 14.9. The molecule has 2 aromatic rings. The van der Waals surface area contributed by atoms with Crippen LogP contribution in [0.3, 0.4) is 0 Å². The molecule has 0 unspecified atom stereocenters. The summed E-state index contributed by atoms with van der Waals surface area (Å²) in [6.07, 6.45) is 1.36. The van der Waals surface area contributed by atoms with Gasteiger partial charge >= 0.3 is 12.0 Å². The van der Waals surface area contributed by atoms with Crippen molar-refractivity contribution in [1.29, 1.82) is 0 Å². The Morgan fingerprint density at radius 1 is 1.03 bits per heavy atom. The molecule has 160 valence electrons. The van der Waals surface area contributed by atoms with E-state index in [2.05, 4.69) is 10.1 Å². The number of nitrogens with one attached hydrogen (secondary N) is 1. The molecule has 0 saturated carbocycles. The van der Waals surface area contributed by atoms with Gasteiger partial charge in [-0.3, -0.25) is 14.9 Å². The van der Waals surface area contributed by atoms with E-state index >= 15 is 0 Å². The first-order valence-electron chi connectivity index (χ1n) is 9.30. The highest BCUT2D eigenvalue weighted by Gasteiger charge is 2.36. The Hall–Kier alpha value is -4.14. The van der Waals surface area contributed by atoms with Gasteiger partial charge < -0.3 is 14.2 Å². The molecule has 9 heteroatoms. The maximum absolute atomic E-state index is 13.0. The summed E-state index contributed by atoms with van der Waals surface area (Å²) < 4.78 is 15.4. The summed E-state index contributed by atoms with van der Waals surface area (Å²) >= 11 is 0. The Bertz CT molecular complexity index is 1070. The number of rotatable bonds is 6.